The molecule has 0 atom stereocenters. The predicted molar refractivity (Wildman–Crippen MR) is 68.2 cm³/mol. The summed E-state index contributed by atoms with van der Waals surface area (Å²) in [6.45, 7) is 1.99. The number of nitrogens with one attached hydrogen (secondary N) is 2. The quantitative estimate of drug-likeness (QED) is 0.756. The largest absolute Gasteiger partial charge is 0.368 e. The second kappa shape index (κ2) is 5.00. The molecule has 1 aromatic heterocycles. The van der Waals surface area contributed by atoms with E-state index in [1.165, 1.54) is 36.9 Å². The van der Waals surface area contributed by atoms with Gasteiger partial charge < -0.3 is 10.6 Å². The van der Waals surface area contributed by atoms with Gasteiger partial charge in [0.25, 0.3) is 0 Å². The summed E-state index contributed by atoms with van der Waals surface area (Å²) in [6, 6.07) is 0.788. The fraction of sp³-hybridized carbons (Fsp3) is 0.692. The Balaban J connectivity index is 1.57. The van der Waals surface area contributed by atoms with Gasteiger partial charge in [0.1, 0.15) is 12.1 Å². The highest BCUT2D eigenvalue weighted by molar-refractivity contribution is 5.46. The van der Waals surface area contributed by atoms with Crippen LogP contribution in [0.1, 0.15) is 36.9 Å². The Hall–Kier alpha value is -1.16. The number of hydrogen-bond acceptors (Lipinski definition) is 4. The first kappa shape index (κ1) is 11.0. The minimum absolute atomic E-state index is 0.788. The molecule has 3 rings (SSSR count). The molecule has 17 heavy (non-hydrogen) atoms. The molecule has 4 heteroatoms. The van der Waals surface area contributed by atoms with Crippen LogP contribution in [0.4, 0.5) is 5.82 Å². The third-order valence-electron chi connectivity index (χ3n) is 3.55. The van der Waals surface area contributed by atoms with Crippen LogP contribution in [0.3, 0.4) is 0 Å². The molecule has 0 aromatic carbocycles. The molecule has 92 valence electrons. The van der Waals surface area contributed by atoms with Crippen molar-refractivity contribution in [2.24, 2.45) is 0 Å². The van der Waals surface area contributed by atoms with Crippen LogP contribution in [-0.2, 0) is 12.8 Å². The molecule has 1 fully saturated rings. The zero-order valence-electron chi connectivity index (χ0n) is 10.2. The van der Waals surface area contributed by atoms with Gasteiger partial charge >= 0.3 is 0 Å². The lowest BCUT2D eigenvalue weighted by Gasteiger charge is -2.18. The first-order valence-corrected chi connectivity index (χ1v) is 6.73. The SMILES string of the molecule is c1nc2c(c(NCCNC3CC3)n1)CCCC2. The summed E-state index contributed by atoms with van der Waals surface area (Å²) in [5.41, 5.74) is 2.61. The maximum Gasteiger partial charge on any atom is 0.132 e. The molecule has 0 aliphatic heterocycles. The normalized spacial score (nSPS) is 18.8. The molecule has 1 aromatic rings. The van der Waals surface area contributed by atoms with Crippen LogP contribution in [0.15, 0.2) is 6.33 Å². The van der Waals surface area contributed by atoms with Gasteiger partial charge in [-0.2, -0.15) is 0 Å². The van der Waals surface area contributed by atoms with Crippen molar-refractivity contribution in [3.63, 3.8) is 0 Å². The van der Waals surface area contributed by atoms with Crippen molar-refractivity contribution < 1.29 is 0 Å². The molecule has 2 N–H and O–H groups in total. The maximum atomic E-state index is 4.38. The van der Waals surface area contributed by atoms with E-state index in [1.807, 2.05) is 0 Å². The summed E-state index contributed by atoms with van der Waals surface area (Å²) in [7, 11) is 0. The Kier molecular flexibility index (Phi) is 3.22. The third-order valence-corrected chi connectivity index (χ3v) is 3.55. The molecule has 1 saturated carbocycles. The lowest BCUT2D eigenvalue weighted by molar-refractivity contribution is 0.660. The highest BCUT2D eigenvalue weighted by Gasteiger charge is 2.19. The first-order chi connectivity index (χ1) is 8.43. The Morgan fingerprint density at radius 2 is 2.00 bits per heavy atom. The van der Waals surface area contributed by atoms with E-state index in [-0.39, 0.29) is 0 Å². The average Bonchev–Trinajstić information content (AvgIpc) is 3.19. The highest BCUT2D eigenvalue weighted by Crippen LogP contribution is 2.24. The van der Waals surface area contributed by atoms with Gasteiger partial charge in [-0.1, -0.05) is 0 Å². The number of rotatable bonds is 5. The molecular weight excluding hydrogens is 212 g/mol. The number of nitrogens with zero attached hydrogens (tertiary/aromatic N) is 2. The van der Waals surface area contributed by atoms with Gasteiger partial charge in [0.2, 0.25) is 0 Å². The van der Waals surface area contributed by atoms with Crippen molar-refractivity contribution in [1.29, 1.82) is 0 Å². The zero-order chi connectivity index (χ0) is 11.5. The van der Waals surface area contributed by atoms with Crippen molar-refractivity contribution in [1.82, 2.24) is 15.3 Å². The smallest absolute Gasteiger partial charge is 0.132 e. The summed E-state index contributed by atoms with van der Waals surface area (Å²) in [6.07, 6.45) is 9.19. The Labute approximate surface area is 102 Å². The van der Waals surface area contributed by atoms with Crippen LogP contribution < -0.4 is 10.6 Å². The summed E-state index contributed by atoms with van der Waals surface area (Å²) in [5, 5.41) is 6.94. The highest BCUT2D eigenvalue weighted by atomic mass is 15.0. The van der Waals surface area contributed by atoms with E-state index in [1.54, 1.807) is 6.33 Å². The average molecular weight is 232 g/mol. The van der Waals surface area contributed by atoms with E-state index in [0.29, 0.717) is 0 Å². The fourth-order valence-electron chi connectivity index (χ4n) is 2.42. The molecular formula is C13H20N4. The lowest BCUT2D eigenvalue weighted by Crippen LogP contribution is -2.25. The van der Waals surface area contributed by atoms with Gasteiger partial charge in [0, 0.05) is 30.4 Å². The molecule has 4 nitrogen and oxygen atoms in total. The molecule has 2 aliphatic rings. The molecule has 0 saturated heterocycles. The molecule has 0 bridgehead atoms. The van der Waals surface area contributed by atoms with Crippen LogP contribution in [0, 0.1) is 0 Å². The lowest BCUT2D eigenvalue weighted by atomic mass is 9.96. The van der Waals surface area contributed by atoms with Crippen molar-refractivity contribution in [2.45, 2.75) is 44.6 Å². The van der Waals surface area contributed by atoms with E-state index in [4.69, 9.17) is 0 Å². The topological polar surface area (TPSA) is 49.8 Å². The van der Waals surface area contributed by atoms with Gasteiger partial charge in [0.05, 0.1) is 0 Å². The van der Waals surface area contributed by atoms with Gasteiger partial charge in [-0.15, -0.1) is 0 Å². The molecule has 0 spiro atoms. The monoisotopic (exact) mass is 232 g/mol. The number of fused-ring (bicyclic) bond motifs is 1. The Bertz CT molecular complexity index is 387. The van der Waals surface area contributed by atoms with Crippen LogP contribution in [0.25, 0.3) is 0 Å². The van der Waals surface area contributed by atoms with Crippen LogP contribution in [0.5, 0.6) is 0 Å². The van der Waals surface area contributed by atoms with Gasteiger partial charge in [-0.25, -0.2) is 9.97 Å². The number of aromatic nitrogens is 2. The second-order valence-electron chi connectivity index (χ2n) is 5.01. The van der Waals surface area contributed by atoms with E-state index >= 15 is 0 Å². The molecule has 1 heterocycles. The summed E-state index contributed by atoms with van der Waals surface area (Å²) >= 11 is 0. The van der Waals surface area contributed by atoms with Crippen molar-refractivity contribution in [3.05, 3.63) is 17.6 Å². The van der Waals surface area contributed by atoms with E-state index in [0.717, 1.165) is 37.8 Å². The Morgan fingerprint density at radius 3 is 2.88 bits per heavy atom. The minimum atomic E-state index is 0.788. The van der Waals surface area contributed by atoms with Gasteiger partial charge in [-0.3, -0.25) is 0 Å². The Morgan fingerprint density at radius 1 is 1.12 bits per heavy atom. The molecule has 0 unspecified atom stereocenters. The van der Waals surface area contributed by atoms with E-state index in [9.17, 15) is 0 Å². The zero-order valence-corrected chi connectivity index (χ0v) is 10.2. The second-order valence-corrected chi connectivity index (χ2v) is 5.01. The number of aryl methyl sites for hydroxylation is 1. The van der Waals surface area contributed by atoms with Gasteiger partial charge in [-0.05, 0) is 38.5 Å². The molecule has 0 amide bonds. The van der Waals surface area contributed by atoms with E-state index in [2.05, 4.69) is 20.6 Å². The summed E-state index contributed by atoms with van der Waals surface area (Å²) < 4.78 is 0. The van der Waals surface area contributed by atoms with Crippen molar-refractivity contribution in [3.8, 4) is 0 Å². The molecule has 0 radical (unpaired) electrons. The van der Waals surface area contributed by atoms with Crippen LogP contribution in [-0.4, -0.2) is 29.1 Å². The minimum Gasteiger partial charge on any atom is -0.368 e. The van der Waals surface area contributed by atoms with E-state index < -0.39 is 0 Å². The van der Waals surface area contributed by atoms with Gasteiger partial charge in [0.15, 0.2) is 0 Å². The summed E-state index contributed by atoms with van der Waals surface area (Å²) in [5.74, 6) is 1.06. The first-order valence-electron chi connectivity index (χ1n) is 6.73. The van der Waals surface area contributed by atoms with Crippen LogP contribution >= 0.6 is 0 Å². The number of hydrogen-bond donors (Lipinski definition) is 2. The van der Waals surface area contributed by atoms with Crippen molar-refractivity contribution >= 4 is 5.82 Å². The maximum absolute atomic E-state index is 4.38. The molecule has 2 aliphatic carbocycles. The third kappa shape index (κ3) is 2.75. The number of anilines is 1. The van der Waals surface area contributed by atoms with Crippen molar-refractivity contribution in [2.75, 3.05) is 18.4 Å². The van der Waals surface area contributed by atoms with Crippen LogP contribution in [0.2, 0.25) is 0 Å². The predicted octanol–water partition coefficient (Wildman–Crippen LogP) is 1.52. The standard InChI is InChI=1S/C13H20N4/c1-2-4-12-11(3-1)13(17-9-16-12)15-8-7-14-10-5-6-10/h9-10,14H,1-8H2,(H,15,16,17). The summed E-state index contributed by atoms with van der Waals surface area (Å²) in [4.78, 5) is 8.75. The fourth-order valence-corrected chi connectivity index (χ4v) is 2.42.